The quantitative estimate of drug-likeness (QED) is 0.785. The summed E-state index contributed by atoms with van der Waals surface area (Å²) in [7, 11) is 0. The molecule has 5 heteroatoms. The molecule has 0 unspecified atom stereocenters. The van der Waals surface area contributed by atoms with Crippen molar-refractivity contribution in [2.75, 3.05) is 32.1 Å². The van der Waals surface area contributed by atoms with E-state index in [1.165, 1.54) is 5.56 Å². The van der Waals surface area contributed by atoms with Gasteiger partial charge in [-0.2, -0.15) is 0 Å². The highest BCUT2D eigenvalue weighted by Crippen LogP contribution is 2.22. The monoisotopic (exact) mass is 322 g/mol. The van der Waals surface area contributed by atoms with E-state index in [1.807, 2.05) is 24.3 Å². The summed E-state index contributed by atoms with van der Waals surface area (Å²) >= 11 is 5.56. The fraction of sp³-hybridized carbons (Fsp3) is 0.529. The molecule has 0 radical (unpaired) electrons. The van der Waals surface area contributed by atoms with Gasteiger partial charge in [-0.3, -0.25) is 9.59 Å². The normalized spacial score (nSPS) is 15.8. The molecule has 1 aromatic carbocycles. The highest BCUT2D eigenvalue weighted by atomic mass is 35.5. The molecule has 0 atom stereocenters. The topological polar surface area (TPSA) is 40.6 Å². The van der Waals surface area contributed by atoms with Crippen LogP contribution in [0.5, 0.6) is 0 Å². The Bertz CT molecular complexity index is 541. The van der Waals surface area contributed by atoms with Crippen molar-refractivity contribution in [1.82, 2.24) is 9.80 Å². The maximum atomic E-state index is 12.5. The van der Waals surface area contributed by atoms with E-state index in [2.05, 4.69) is 20.8 Å². The van der Waals surface area contributed by atoms with E-state index in [9.17, 15) is 9.59 Å². The Morgan fingerprint density at radius 3 is 1.95 bits per heavy atom. The van der Waals surface area contributed by atoms with Gasteiger partial charge in [-0.1, -0.05) is 32.9 Å². The molecule has 1 heterocycles. The van der Waals surface area contributed by atoms with Gasteiger partial charge in [0, 0.05) is 31.7 Å². The smallest absolute Gasteiger partial charge is 0.253 e. The first-order chi connectivity index (χ1) is 10.3. The number of halogens is 1. The molecule has 2 amide bonds. The summed E-state index contributed by atoms with van der Waals surface area (Å²) in [6.07, 6.45) is 0. The van der Waals surface area contributed by atoms with Gasteiger partial charge in [-0.15, -0.1) is 11.6 Å². The molecule has 0 saturated carbocycles. The van der Waals surface area contributed by atoms with Crippen LogP contribution in [0.25, 0.3) is 0 Å². The van der Waals surface area contributed by atoms with Crippen molar-refractivity contribution in [3.63, 3.8) is 0 Å². The van der Waals surface area contributed by atoms with Crippen LogP contribution >= 0.6 is 11.6 Å². The van der Waals surface area contributed by atoms with Crippen LogP contribution in [0.3, 0.4) is 0 Å². The molecule has 120 valence electrons. The minimum atomic E-state index is -0.0664. The SMILES string of the molecule is CC(C)(C)c1ccc(C(=O)N2CCN(C(=O)CCl)CC2)cc1. The first-order valence-corrected chi connectivity index (χ1v) is 8.10. The minimum absolute atomic E-state index is 0.00219. The van der Waals surface area contributed by atoms with Gasteiger partial charge in [0.25, 0.3) is 5.91 Å². The van der Waals surface area contributed by atoms with Crippen molar-refractivity contribution in [3.8, 4) is 0 Å². The Morgan fingerprint density at radius 1 is 1.00 bits per heavy atom. The molecule has 0 spiro atoms. The number of piperazine rings is 1. The molecule has 0 N–H and O–H groups in total. The number of hydrogen-bond acceptors (Lipinski definition) is 2. The summed E-state index contributed by atoms with van der Waals surface area (Å²) in [6, 6.07) is 7.80. The summed E-state index contributed by atoms with van der Waals surface area (Å²) in [5.74, 6) is -0.0379. The van der Waals surface area contributed by atoms with E-state index in [-0.39, 0.29) is 23.1 Å². The molecule has 4 nitrogen and oxygen atoms in total. The molecular formula is C17H23ClN2O2. The second-order valence-corrected chi connectivity index (χ2v) is 6.90. The van der Waals surface area contributed by atoms with Crippen molar-refractivity contribution >= 4 is 23.4 Å². The van der Waals surface area contributed by atoms with Crippen LogP contribution in [0.15, 0.2) is 24.3 Å². The van der Waals surface area contributed by atoms with Gasteiger partial charge in [0.05, 0.1) is 0 Å². The zero-order valence-corrected chi connectivity index (χ0v) is 14.2. The molecule has 0 aromatic heterocycles. The third-order valence-electron chi connectivity index (χ3n) is 4.03. The van der Waals surface area contributed by atoms with Gasteiger partial charge >= 0.3 is 0 Å². The predicted molar refractivity (Wildman–Crippen MR) is 88.3 cm³/mol. The molecule has 0 aliphatic carbocycles. The Labute approximate surface area is 137 Å². The van der Waals surface area contributed by atoms with Gasteiger partial charge in [-0.05, 0) is 23.1 Å². The van der Waals surface area contributed by atoms with E-state index < -0.39 is 0 Å². The van der Waals surface area contributed by atoms with Crippen LogP contribution < -0.4 is 0 Å². The van der Waals surface area contributed by atoms with E-state index in [1.54, 1.807) is 9.80 Å². The zero-order valence-electron chi connectivity index (χ0n) is 13.4. The number of hydrogen-bond donors (Lipinski definition) is 0. The minimum Gasteiger partial charge on any atom is -0.338 e. The van der Waals surface area contributed by atoms with Crippen molar-refractivity contribution in [1.29, 1.82) is 0 Å². The summed E-state index contributed by atoms with van der Waals surface area (Å²) in [4.78, 5) is 27.5. The maximum absolute atomic E-state index is 12.5. The van der Waals surface area contributed by atoms with Crippen LogP contribution in [0.4, 0.5) is 0 Å². The fourth-order valence-corrected chi connectivity index (χ4v) is 2.71. The molecule has 0 bridgehead atoms. The highest BCUT2D eigenvalue weighted by Gasteiger charge is 2.24. The second kappa shape index (κ2) is 6.69. The Morgan fingerprint density at radius 2 is 1.50 bits per heavy atom. The van der Waals surface area contributed by atoms with E-state index in [0.29, 0.717) is 31.7 Å². The van der Waals surface area contributed by atoms with Gasteiger partial charge in [0.2, 0.25) is 5.91 Å². The van der Waals surface area contributed by atoms with Crippen LogP contribution in [-0.4, -0.2) is 53.7 Å². The highest BCUT2D eigenvalue weighted by molar-refractivity contribution is 6.27. The first kappa shape index (κ1) is 16.8. The van der Waals surface area contributed by atoms with Crippen LogP contribution in [0.2, 0.25) is 0 Å². The van der Waals surface area contributed by atoms with E-state index in [4.69, 9.17) is 11.6 Å². The van der Waals surface area contributed by atoms with Gasteiger partial charge < -0.3 is 9.80 Å². The third kappa shape index (κ3) is 3.80. The molecule has 22 heavy (non-hydrogen) atoms. The molecule has 1 aromatic rings. The average Bonchev–Trinajstić information content (AvgIpc) is 2.53. The summed E-state index contributed by atoms with van der Waals surface area (Å²) in [5, 5.41) is 0. The lowest BCUT2D eigenvalue weighted by Crippen LogP contribution is -2.50. The van der Waals surface area contributed by atoms with E-state index in [0.717, 1.165) is 0 Å². The standard InChI is InChI=1S/C17H23ClN2O2/c1-17(2,3)14-6-4-13(5-7-14)16(22)20-10-8-19(9-11-20)15(21)12-18/h4-7H,8-12H2,1-3H3. The molecule has 2 rings (SSSR count). The first-order valence-electron chi connectivity index (χ1n) is 7.56. The molecule has 1 aliphatic rings. The van der Waals surface area contributed by atoms with Gasteiger partial charge in [0.1, 0.15) is 5.88 Å². The predicted octanol–water partition coefficient (Wildman–Crippen LogP) is 2.51. The number of carbonyl (C=O) groups excluding carboxylic acids is 2. The number of nitrogens with zero attached hydrogens (tertiary/aromatic N) is 2. The average molecular weight is 323 g/mol. The largest absolute Gasteiger partial charge is 0.338 e. The summed E-state index contributed by atoms with van der Waals surface area (Å²) in [6.45, 7) is 8.67. The summed E-state index contributed by atoms with van der Waals surface area (Å²) < 4.78 is 0. The third-order valence-corrected chi connectivity index (χ3v) is 4.26. The Hall–Kier alpha value is -1.55. The van der Waals surface area contributed by atoms with Crippen molar-refractivity contribution in [2.24, 2.45) is 0 Å². The maximum Gasteiger partial charge on any atom is 0.253 e. The van der Waals surface area contributed by atoms with Gasteiger partial charge in [0.15, 0.2) is 0 Å². The molecular weight excluding hydrogens is 300 g/mol. The van der Waals surface area contributed by atoms with Crippen molar-refractivity contribution in [2.45, 2.75) is 26.2 Å². The van der Waals surface area contributed by atoms with Crippen molar-refractivity contribution in [3.05, 3.63) is 35.4 Å². The van der Waals surface area contributed by atoms with Crippen LogP contribution in [-0.2, 0) is 10.2 Å². The molecule has 1 saturated heterocycles. The Balaban J connectivity index is 2.00. The number of rotatable bonds is 2. The van der Waals surface area contributed by atoms with Crippen LogP contribution in [0.1, 0.15) is 36.7 Å². The fourth-order valence-electron chi connectivity index (χ4n) is 2.54. The lowest BCUT2D eigenvalue weighted by molar-refractivity contribution is -0.129. The molecule has 1 aliphatic heterocycles. The number of alkyl halides is 1. The number of carbonyl (C=O) groups is 2. The number of benzene rings is 1. The summed E-state index contributed by atoms with van der Waals surface area (Å²) in [5.41, 5.74) is 1.99. The zero-order chi connectivity index (χ0) is 16.3. The van der Waals surface area contributed by atoms with Crippen LogP contribution in [0, 0.1) is 0 Å². The number of amides is 2. The van der Waals surface area contributed by atoms with Gasteiger partial charge in [-0.25, -0.2) is 0 Å². The lowest BCUT2D eigenvalue weighted by atomic mass is 9.86. The Kier molecular flexibility index (Phi) is 5.12. The van der Waals surface area contributed by atoms with E-state index >= 15 is 0 Å². The second-order valence-electron chi connectivity index (χ2n) is 6.63. The molecule has 1 fully saturated rings. The van der Waals surface area contributed by atoms with Crippen molar-refractivity contribution < 1.29 is 9.59 Å². The lowest BCUT2D eigenvalue weighted by Gasteiger charge is -2.34.